The maximum atomic E-state index is 12.7. The van der Waals surface area contributed by atoms with E-state index in [1.165, 1.54) is 22.5 Å². The van der Waals surface area contributed by atoms with Gasteiger partial charge in [0.15, 0.2) is 0 Å². The van der Waals surface area contributed by atoms with Gasteiger partial charge in [-0.1, -0.05) is 48.5 Å². The molecular formula is C23H20N2O4S. The Morgan fingerprint density at radius 2 is 1.73 bits per heavy atom. The van der Waals surface area contributed by atoms with Crippen molar-refractivity contribution >= 4 is 23.4 Å². The third-order valence-electron chi connectivity index (χ3n) is 6.13. The average molecular weight is 420 g/mol. The lowest BCUT2D eigenvalue weighted by Gasteiger charge is -2.45. The number of rotatable bonds is 5. The third-order valence-corrected chi connectivity index (χ3v) is 7.11. The highest BCUT2D eigenvalue weighted by Crippen LogP contribution is 2.47. The van der Waals surface area contributed by atoms with Crippen LogP contribution in [0.5, 0.6) is 0 Å². The molecule has 152 valence electrons. The van der Waals surface area contributed by atoms with Crippen LogP contribution < -0.4 is 5.32 Å². The van der Waals surface area contributed by atoms with Gasteiger partial charge in [-0.2, -0.15) is 0 Å². The summed E-state index contributed by atoms with van der Waals surface area (Å²) in [5, 5.41) is 12.2. The number of carboxylic acids is 1. The number of ether oxygens (including phenoxy) is 1. The Bertz CT molecular complexity index is 1060. The van der Waals surface area contributed by atoms with Crippen LogP contribution in [0.3, 0.4) is 0 Å². The summed E-state index contributed by atoms with van der Waals surface area (Å²) in [6, 6.07) is 16.3. The fourth-order valence-corrected chi connectivity index (χ4v) is 5.40. The average Bonchev–Trinajstić information content (AvgIpc) is 3.36. The first-order valence-corrected chi connectivity index (χ1v) is 10.7. The van der Waals surface area contributed by atoms with Crippen molar-refractivity contribution in [2.45, 2.75) is 24.3 Å². The van der Waals surface area contributed by atoms with Gasteiger partial charge in [-0.25, -0.2) is 4.79 Å². The van der Waals surface area contributed by atoms with Crippen LogP contribution >= 0.6 is 11.3 Å². The summed E-state index contributed by atoms with van der Waals surface area (Å²) in [6.07, 6.45) is 1.84. The summed E-state index contributed by atoms with van der Waals surface area (Å²) < 4.78 is 5.65. The molecule has 2 aromatic carbocycles. The molecule has 0 unspecified atom stereocenters. The van der Waals surface area contributed by atoms with Crippen LogP contribution in [0.2, 0.25) is 0 Å². The van der Waals surface area contributed by atoms with Crippen LogP contribution in [0.4, 0.5) is 4.79 Å². The molecule has 0 atom stereocenters. The number of nitrogens with zero attached hydrogens (tertiary/aromatic N) is 1. The molecule has 3 aromatic rings. The van der Waals surface area contributed by atoms with Crippen LogP contribution in [0, 0.1) is 5.92 Å². The second-order valence-corrected chi connectivity index (χ2v) is 8.73. The summed E-state index contributed by atoms with van der Waals surface area (Å²) >= 11 is 1.41. The molecule has 0 radical (unpaired) electrons. The zero-order valence-electron chi connectivity index (χ0n) is 16.1. The van der Waals surface area contributed by atoms with Crippen LogP contribution in [-0.2, 0) is 15.1 Å². The zero-order valence-corrected chi connectivity index (χ0v) is 16.9. The first-order chi connectivity index (χ1) is 14.6. The van der Waals surface area contributed by atoms with Gasteiger partial charge in [0, 0.05) is 12.1 Å². The number of carbonyl (C=O) groups is 2. The van der Waals surface area contributed by atoms with Crippen molar-refractivity contribution in [3.05, 3.63) is 76.2 Å². The second-order valence-electron chi connectivity index (χ2n) is 7.84. The number of hydrogen-bond donors (Lipinski definition) is 2. The van der Waals surface area contributed by atoms with Gasteiger partial charge >= 0.3 is 12.1 Å². The fourth-order valence-electron chi connectivity index (χ4n) is 4.60. The maximum absolute atomic E-state index is 12.7. The fraction of sp³-hybridized carbons (Fsp3) is 0.261. The summed E-state index contributed by atoms with van der Waals surface area (Å²) in [6.45, 7) is 0.223. The molecule has 6 nitrogen and oxygen atoms in total. The third kappa shape index (κ3) is 3.06. The zero-order chi connectivity index (χ0) is 20.7. The van der Waals surface area contributed by atoms with E-state index in [0.29, 0.717) is 12.8 Å². The number of carbonyl (C=O) groups excluding carboxylic acids is 1. The first-order valence-electron chi connectivity index (χ1n) is 9.82. The molecule has 1 fully saturated rings. The summed E-state index contributed by atoms with van der Waals surface area (Å²) in [4.78, 5) is 28.9. The van der Waals surface area contributed by atoms with Crippen molar-refractivity contribution in [2.24, 2.45) is 5.92 Å². The van der Waals surface area contributed by atoms with E-state index in [1.54, 1.807) is 11.7 Å². The Morgan fingerprint density at radius 3 is 2.30 bits per heavy atom. The normalized spacial score (nSPS) is 21.9. The van der Waals surface area contributed by atoms with Gasteiger partial charge in [-0.3, -0.25) is 9.78 Å². The highest BCUT2D eigenvalue weighted by molar-refractivity contribution is 7.09. The topological polar surface area (TPSA) is 88.5 Å². The molecule has 30 heavy (non-hydrogen) atoms. The van der Waals surface area contributed by atoms with Crippen LogP contribution in [0.25, 0.3) is 11.1 Å². The highest BCUT2D eigenvalue weighted by atomic mass is 32.1. The molecule has 0 saturated heterocycles. The lowest BCUT2D eigenvalue weighted by atomic mass is 9.67. The first kappa shape index (κ1) is 18.8. The van der Waals surface area contributed by atoms with Gasteiger partial charge in [0.25, 0.3) is 0 Å². The molecule has 1 aromatic heterocycles. The minimum absolute atomic E-state index is 0.0179. The monoisotopic (exact) mass is 420 g/mol. The predicted molar refractivity (Wildman–Crippen MR) is 112 cm³/mol. The molecule has 5 rings (SSSR count). The van der Waals surface area contributed by atoms with E-state index in [0.717, 1.165) is 16.0 Å². The van der Waals surface area contributed by atoms with Crippen LogP contribution in [0.15, 0.2) is 60.2 Å². The van der Waals surface area contributed by atoms with E-state index >= 15 is 0 Å². The number of hydrogen-bond acceptors (Lipinski definition) is 5. The van der Waals surface area contributed by atoms with Crippen molar-refractivity contribution in [3.8, 4) is 11.1 Å². The van der Waals surface area contributed by atoms with Crippen molar-refractivity contribution in [2.75, 3.05) is 6.61 Å². The van der Waals surface area contributed by atoms with Gasteiger partial charge in [-0.15, -0.1) is 11.3 Å². The predicted octanol–water partition coefficient (Wildman–Crippen LogP) is 4.37. The summed E-state index contributed by atoms with van der Waals surface area (Å²) in [5.74, 6) is -1.33. The SMILES string of the molecule is O=C(NC1(c2cncs2)CC(C(=O)O)C1)OCC1c2ccccc2-c2ccccc21. The molecule has 7 heteroatoms. The minimum Gasteiger partial charge on any atom is -0.481 e. The number of thiazole rings is 1. The largest absolute Gasteiger partial charge is 0.481 e. The van der Waals surface area contributed by atoms with Crippen LogP contribution in [0.1, 0.15) is 34.8 Å². The van der Waals surface area contributed by atoms with Crippen LogP contribution in [-0.4, -0.2) is 28.8 Å². The standard InChI is InChI=1S/C23H20N2O4S/c26-21(27)14-9-23(10-14,20-11-24-13-30-20)25-22(28)29-12-19-17-7-3-1-5-15(17)16-6-2-4-8-18(16)19/h1-8,11,13-14,19H,9-10,12H2,(H,25,28)(H,26,27). The Hall–Kier alpha value is -3.19. The molecule has 1 amide bonds. The summed E-state index contributed by atoms with van der Waals surface area (Å²) in [5.41, 5.74) is 5.62. The van der Waals surface area contributed by atoms with E-state index in [-0.39, 0.29) is 12.5 Å². The highest BCUT2D eigenvalue weighted by Gasteiger charge is 2.51. The van der Waals surface area contributed by atoms with Crippen molar-refractivity contribution in [3.63, 3.8) is 0 Å². The van der Waals surface area contributed by atoms with Gasteiger partial charge in [0.05, 0.1) is 21.8 Å². The number of benzene rings is 2. The Morgan fingerprint density at radius 1 is 1.10 bits per heavy atom. The Kier molecular flexibility index (Phi) is 4.55. The molecular weight excluding hydrogens is 400 g/mol. The number of aromatic nitrogens is 1. The number of aliphatic carboxylic acids is 1. The van der Waals surface area contributed by atoms with Crippen molar-refractivity contribution in [1.82, 2.24) is 10.3 Å². The summed E-state index contributed by atoms with van der Waals surface area (Å²) in [7, 11) is 0. The molecule has 2 aliphatic rings. The van der Waals surface area contributed by atoms with Gasteiger partial charge in [-0.05, 0) is 35.1 Å². The number of carboxylic acid groups (broad SMARTS) is 1. The smallest absolute Gasteiger partial charge is 0.407 e. The molecule has 2 aliphatic carbocycles. The molecule has 0 aliphatic heterocycles. The molecule has 2 N–H and O–H groups in total. The second kappa shape index (κ2) is 7.25. The van der Waals surface area contributed by atoms with Gasteiger partial charge < -0.3 is 15.2 Å². The van der Waals surface area contributed by atoms with E-state index in [1.807, 2.05) is 24.3 Å². The quantitative estimate of drug-likeness (QED) is 0.640. The lowest BCUT2D eigenvalue weighted by Crippen LogP contribution is -2.56. The van der Waals surface area contributed by atoms with E-state index in [9.17, 15) is 14.7 Å². The maximum Gasteiger partial charge on any atom is 0.407 e. The number of fused-ring (bicyclic) bond motifs is 3. The van der Waals surface area contributed by atoms with Crippen molar-refractivity contribution in [1.29, 1.82) is 0 Å². The molecule has 0 bridgehead atoms. The van der Waals surface area contributed by atoms with Gasteiger partial charge in [0.1, 0.15) is 6.61 Å². The number of nitrogens with one attached hydrogen (secondary N) is 1. The molecule has 1 heterocycles. The Balaban J connectivity index is 1.31. The molecule has 1 saturated carbocycles. The van der Waals surface area contributed by atoms with E-state index < -0.39 is 23.5 Å². The Labute approximate surface area is 177 Å². The molecule has 0 spiro atoms. The number of alkyl carbamates (subject to hydrolysis) is 1. The van der Waals surface area contributed by atoms with Gasteiger partial charge in [0.2, 0.25) is 0 Å². The number of amides is 1. The lowest BCUT2D eigenvalue weighted by molar-refractivity contribution is -0.148. The van der Waals surface area contributed by atoms with Crippen molar-refractivity contribution < 1.29 is 19.4 Å². The minimum atomic E-state index is -0.843. The van der Waals surface area contributed by atoms with E-state index in [4.69, 9.17) is 4.74 Å². The van der Waals surface area contributed by atoms with E-state index in [2.05, 4.69) is 34.6 Å².